The van der Waals surface area contributed by atoms with Crippen LogP contribution in [0.25, 0.3) is 0 Å². The standard InChI is InChI=1S/C12H20N4/c1-2-15-7-10(14-9-15)3-4-16-8-11-5-12(16)6-13-11/h7,9,11-13H,2-6,8H2,1H3. The van der Waals surface area contributed by atoms with Crippen molar-refractivity contribution in [2.45, 2.75) is 38.4 Å². The Bertz CT molecular complexity index is 360. The first-order valence-electron chi connectivity index (χ1n) is 6.33. The Balaban J connectivity index is 1.53. The highest BCUT2D eigenvalue weighted by Gasteiger charge is 2.36. The Morgan fingerprint density at radius 3 is 3.12 bits per heavy atom. The Morgan fingerprint density at radius 2 is 2.50 bits per heavy atom. The molecule has 2 fully saturated rings. The van der Waals surface area contributed by atoms with Gasteiger partial charge in [0.1, 0.15) is 0 Å². The molecule has 0 aromatic carbocycles. The summed E-state index contributed by atoms with van der Waals surface area (Å²) in [5.41, 5.74) is 1.23. The van der Waals surface area contributed by atoms with Crippen LogP contribution in [-0.2, 0) is 13.0 Å². The summed E-state index contributed by atoms with van der Waals surface area (Å²) in [5, 5.41) is 3.54. The summed E-state index contributed by atoms with van der Waals surface area (Å²) in [4.78, 5) is 7.05. The fourth-order valence-corrected chi connectivity index (χ4v) is 2.89. The summed E-state index contributed by atoms with van der Waals surface area (Å²) >= 11 is 0. The molecule has 2 saturated heterocycles. The van der Waals surface area contributed by atoms with Crippen molar-refractivity contribution >= 4 is 0 Å². The molecule has 88 valence electrons. The lowest BCUT2D eigenvalue weighted by molar-refractivity contribution is 0.228. The number of piperazine rings is 1. The molecule has 2 bridgehead atoms. The van der Waals surface area contributed by atoms with E-state index in [1.165, 1.54) is 31.7 Å². The topological polar surface area (TPSA) is 33.1 Å². The molecule has 16 heavy (non-hydrogen) atoms. The Kier molecular flexibility index (Phi) is 2.69. The molecule has 4 heteroatoms. The highest BCUT2D eigenvalue weighted by atomic mass is 15.3. The number of hydrogen-bond donors (Lipinski definition) is 1. The Hall–Kier alpha value is -0.870. The van der Waals surface area contributed by atoms with Crippen LogP contribution < -0.4 is 5.32 Å². The third-order valence-electron chi connectivity index (χ3n) is 3.88. The maximum atomic E-state index is 4.43. The first kappa shape index (κ1) is 10.3. The van der Waals surface area contributed by atoms with Gasteiger partial charge in [-0.15, -0.1) is 0 Å². The number of likely N-dealkylation sites (tertiary alicyclic amines) is 1. The predicted molar refractivity (Wildman–Crippen MR) is 63.4 cm³/mol. The fourth-order valence-electron chi connectivity index (χ4n) is 2.89. The number of aryl methyl sites for hydroxylation is 1. The monoisotopic (exact) mass is 220 g/mol. The van der Waals surface area contributed by atoms with Crippen LogP contribution in [-0.4, -0.2) is 46.2 Å². The number of hydrogen-bond acceptors (Lipinski definition) is 3. The molecule has 2 aliphatic heterocycles. The maximum absolute atomic E-state index is 4.43. The number of nitrogens with one attached hydrogen (secondary N) is 1. The average Bonchev–Trinajstić information content (AvgIpc) is 3.02. The highest BCUT2D eigenvalue weighted by Crippen LogP contribution is 2.22. The zero-order valence-electron chi connectivity index (χ0n) is 9.89. The zero-order chi connectivity index (χ0) is 11.0. The molecule has 4 nitrogen and oxygen atoms in total. The molecule has 0 amide bonds. The van der Waals surface area contributed by atoms with E-state index in [-0.39, 0.29) is 0 Å². The van der Waals surface area contributed by atoms with E-state index in [2.05, 4.69) is 32.9 Å². The number of imidazole rings is 1. The number of nitrogens with zero attached hydrogens (tertiary/aromatic N) is 3. The number of fused-ring (bicyclic) bond motifs is 2. The largest absolute Gasteiger partial charge is 0.337 e. The summed E-state index contributed by atoms with van der Waals surface area (Å²) in [6.07, 6.45) is 6.55. The molecule has 0 saturated carbocycles. The second-order valence-corrected chi connectivity index (χ2v) is 4.94. The van der Waals surface area contributed by atoms with Crippen LogP contribution in [0.5, 0.6) is 0 Å². The van der Waals surface area contributed by atoms with E-state index in [4.69, 9.17) is 0 Å². The lowest BCUT2D eigenvalue weighted by atomic mass is 10.2. The molecule has 0 spiro atoms. The summed E-state index contributed by atoms with van der Waals surface area (Å²) in [7, 11) is 0. The van der Waals surface area contributed by atoms with Gasteiger partial charge in [0.2, 0.25) is 0 Å². The van der Waals surface area contributed by atoms with E-state index < -0.39 is 0 Å². The fraction of sp³-hybridized carbons (Fsp3) is 0.750. The summed E-state index contributed by atoms with van der Waals surface area (Å²) in [6.45, 7) is 6.76. The summed E-state index contributed by atoms with van der Waals surface area (Å²) < 4.78 is 2.15. The molecule has 1 aromatic rings. The molecule has 2 atom stereocenters. The van der Waals surface area contributed by atoms with E-state index in [1.807, 2.05) is 6.33 Å². The van der Waals surface area contributed by atoms with Crippen LogP contribution in [0.3, 0.4) is 0 Å². The first-order chi connectivity index (χ1) is 7.85. The maximum Gasteiger partial charge on any atom is 0.0949 e. The Labute approximate surface area is 96.7 Å². The minimum atomic E-state index is 0.762. The summed E-state index contributed by atoms with van der Waals surface area (Å²) in [6, 6.07) is 1.55. The third kappa shape index (κ3) is 1.87. The second kappa shape index (κ2) is 4.18. The molecule has 0 aliphatic carbocycles. The second-order valence-electron chi connectivity index (χ2n) is 4.94. The van der Waals surface area contributed by atoms with Gasteiger partial charge >= 0.3 is 0 Å². The van der Waals surface area contributed by atoms with Gasteiger partial charge < -0.3 is 9.88 Å². The van der Waals surface area contributed by atoms with Crippen molar-refractivity contribution < 1.29 is 0 Å². The SMILES string of the molecule is CCn1cnc(CCN2CC3CC2CN3)c1. The lowest BCUT2D eigenvalue weighted by Crippen LogP contribution is -2.44. The van der Waals surface area contributed by atoms with Gasteiger partial charge in [0.05, 0.1) is 12.0 Å². The van der Waals surface area contributed by atoms with E-state index in [0.29, 0.717) is 0 Å². The van der Waals surface area contributed by atoms with Crippen molar-refractivity contribution in [3.63, 3.8) is 0 Å². The van der Waals surface area contributed by atoms with Crippen molar-refractivity contribution in [3.05, 3.63) is 18.2 Å². The molecule has 0 radical (unpaired) electrons. The van der Waals surface area contributed by atoms with E-state index >= 15 is 0 Å². The minimum Gasteiger partial charge on any atom is -0.337 e. The van der Waals surface area contributed by atoms with Crippen molar-refractivity contribution in [3.8, 4) is 0 Å². The van der Waals surface area contributed by atoms with Crippen molar-refractivity contribution in [2.24, 2.45) is 0 Å². The first-order valence-corrected chi connectivity index (χ1v) is 6.33. The van der Waals surface area contributed by atoms with Crippen LogP contribution in [0.1, 0.15) is 19.0 Å². The molecular weight excluding hydrogens is 200 g/mol. The van der Waals surface area contributed by atoms with Gasteiger partial charge in [0, 0.05) is 50.9 Å². The number of aromatic nitrogens is 2. The van der Waals surface area contributed by atoms with Crippen LogP contribution in [0.15, 0.2) is 12.5 Å². The van der Waals surface area contributed by atoms with Crippen molar-refractivity contribution in [1.29, 1.82) is 0 Å². The molecule has 3 rings (SSSR count). The zero-order valence-corrected chi connectivity index (χ0v) is 9.89. The Morgan fingerprint density at radius 1 is 1.56 bits per heavy atom. The predicted octanol–water partition coefficient (Wildman–Crippen LogP) is 0.492. The van der Waals surface area contributed by atoms with Gasteiger partial charge in [-0.3, -0.25) is 4.90 Å². The van der Waals surface area contributed by atoms with Crippen molar-refractivity contribution in [1.82, 2.24) is 19.8 Å². The number of rotatable bonds is 4. The van der Waals surface area contributed by atoms with Crippen LogP contribution in [0.2, 0.25) is 0 Å². The van der Waals surface area contributed by atoms with Gasteiger partial charge in [-0.05, 0) is 13.3 Å². The molecule has 2 unspecified atom stereocenters. The van der Waals surface area contributed by atoms with Gasteiger partial charge in [0.15, 0.2) is 0 Å². The van der Waals surface area contributed by atoms with Gasteiger partial charge in [0.25, 0.3) is 0 Å². The minimum absolute atomic E-state index is 0.762. The van der Waals surface area contributed by atoms with Crippen molar-refractivity contribution in [2.75, 3.05) is 19.6 Å². The average molecular weight is 220 g/mol. The lowest BCUT2D eigenvalue weighted by Gasteiger charge is -2.26. The van der Waals surface area contributed by atoms with Gasteiger partial charge in [-0.1, -0.05) is 0 Å². The molecule has 1 N–H and O–H groups in total. The molecule has 1 aromatic heterocycles. The van der Waals surface area contributed by atoms with Crippen LogP contribution >= 0.6 is 0 Å². The molecular formula is C12H20N4. The van der Waals surface area contributed by atoms with Gasteiger partial charge in [-0.25, -0.2) is 4.98 Å². The quantitative estimate of drug-likeness (QED) is 0.802. The van der Waals surface area contributed by atoms with E-state index in [1.54, 1.807) is 0 Å². The van der Waals surface area contributed by atoms with E-state index in [9.17, 15) is 0 Å². The molecule has 3 heterocycles. The van der Waals surface area contributed by atoms with E-state index in [0.717, 1.165) is 25.0 Å². The molecule has 2 aliphatic rings. The summed E-state index contributed by atoms with van der Waals surface area (Å²) in [5.74, 6) is 0. The van der Waals surface area contributed by atoms with Gasteiger partial charge in [-0.2, -0.15) is 0 Å². The van der Waals surface area contributed by atoms with Crippen LogP contribution in [0.4, 0.5) is 0 Å². The highest BCUT2D eigenvalue weighted by molar-refractivity contribution is 5.01. The third-order valence-corrected chi connectivity index (χ3v) is 3.88. The smallest absolute Gasteiger partial charge is 0.0949 e. The van der Waals surface area contributed by atoms with Crippen LogP contribution in [0, 0.1) is 0 Å². The normalized spacial score (nSPS) is 29.1.